The Balaban J connectivity index is 2.50. The number of amidine groups is 1. The lowest BCUT2D eigenvalue weighted by Crippen LogP contribution is -2.45. The molecule has 0 aromatic rings. The van der Waals surface area contributed by atoms with Gasteiger partial charge in [0.1, 0.15) is 5.84 Å². The van der Waals surface area contributed by atoms with Crippen molar-refractivity contribution in [3.63, 3.8) is 0 Å². The zero-order chi connectivity index (χ0) is 10.6. The minimum atomic E-state index is 0.585. The van der Waals surface area contributed by atoms with Crippen molar-refractivity contribution in [1.29, 1.82) is 0 Å². The summed E-state index contributed by atoms with van der Waals surface area (Å²) in [6.07, 6.45) is 1.17. The number of aliphatic imine (C=N–C) groups is 1. The van der Waals surface area contributed by atoms with Crippen LogP contribution in [0.1, 0.15) is 34.1 Å². The molecule has 3 nitrogen and oxygen atoms in total. The first-order chi connectivity index (χ1) is 6.61. The molecule has 0 saturated carbocycles. The van der Waals surface area contributed by atoms with Gasteiger partial charge in [-0.2, -0.15) is 0 Å². The van der Waals surface area contributed by atoms with E-state index in [9.17, 15) is 0 Å². The van der Waals surface area contributed by atoms with Crippen LogP contribution in [0, 0.1) is 0 Å². The van der Waals surface area contributed by atoms with Crippen molar-refractivity contribution in [3.05, 3.63) is 0 Å². The molecule has 0 atom stereocenters. The van der Waals surface area contributed by atoms with Crippen molar-refractivity contribution in [2.24, 2.45) is 4.99 Å². The fourth-order valence-corrected chi connectivity index (χ4v) is 1.82. The molecule has 1 heterocycles. The smallest absolute Gasteiger partial charge is 0.111 e. The summed E-state index contributed by atoms with van der Waals surface area (Å²) in [5, 5.41) is 3.37. The van der Waals surface area contributed by atoms with Gasteiger partial charge in [0, 0.05) is 25.2 Å². The van der Waals surface area contributed by atoms with Crippen LogP contribution in [0.5, 0.6) is 0 Å². The van der Waals surface area contributed by atoms with Gasteiger partial charge in [-0.3, -0.25) is 9.89 Å². The summed E-state index contributed by atoms with van der Waals surface area (Å²) < 4.78 is 0. The average molecular weight is 197 g/mol. The monoisotopic (exact) mass is 197 g/mol. The highest BCUT2D eigenvalue weighted by Gasteiger charge is 2.16. The average Bonchev–Trinajstić information content (AvgIpc) is 2.15. The van der Waals surface area contributed by atoms with Crippen molar-refractivity contribution in [1.82, 2.24) is 10.2 Å². The summed E-state index contributed by atoms with van der Waals surface area (Å²) in [5.41, 5.74) is 0. The number of hydrogen-bond acceptors (Lipinski definition) is 3. The largest absolute Gasteiger partial charge is 0.373 e. The van der Waals surface area contributed by atoms with Gasteiger partial charge in [-0.05, 0) is 34.1 Å². The highest BCUT2D eigenvalue weighted by atomic mass is 15.2. The summed E-state index contributed by atoms with van der Waals surface area (Å²) in [4.78, 5) is 6.95. The van der Waals surface area contributed by atoms with Crippen LogP contribution in [0.15, 0.2) is 4.99 Å². The van der Waals surface area contributed by atoms with Crippen LogP contribution in [0.2, 0.25) is 0 Å². The van der Waals surface area contributed by atoms with Crippen LogP contribution in [0.4, 0.5) is 0 Å². The zero-order valence-corrected chi connectivity index (χ0v) is 9.88. The molecule has 0 aromatic heterocycles. The summed E-state index contributed by atoms with van der Waals surface area (Å²) in [6.45, 7) is 12.0. The minimum absolute atomic E-state index is 0.585. The second-order valence-electron chi connectivity index (χ2n) is 4.47. The first-order valence-corrected chi connectivity index (χ1v) is 5.64. The lowest BCUT2D eigenvalue weighted by atomic mass is 10.2. The van der Waals surface area contributed by atoms with E-state index in [1.807, 2.05) is 0 Å². The van der Waals surface area contributed by atoms with Gasteiger partial charge in [0.05, 0.1) is 6.54 Å². The molecule has 0 amide bonds. The number of nitrogens with zero attached hydrogens (tertiary/aromatic N) is 2. The first-order valence-electron chi connectivity index (χ1n) is 5.64. The van der Waals surface area contributed by atoms with Crippen molar-refractivity contribution in [2.75, 3.05) is 19.6 Å². The molecular weight excluding hydrogens is 174 g/mol. The SMILES string of the molecule is CC(C)N(CC1=NCCCN1)C(C)C. The van der Waals surface area contributed by atoms with E-state index in [0.29, 0.717) is 12.1 Å². The van der Waals surface area contributed by atoms with Crippen molar-refractivity contribution in [2.45, 2.75) is 46.2 Å². The molecule has 0 aromatic carbocycles. The maximum Gasteiger partial charge on any atom is 0.111 e. The standard InChI is InChI=1S/C11H23N3/c1-9(2)14(10(3)4)8-11-12-6-5-7-13-11/h9-10H,5-8H2,1-4H3,(H,12,13). The lowest BCUT2D eigenvalue weighted by molar-refractivity contribution is 0.201. The molecule has 0 fully saturated rings. The van der Waals surface area contributed by atoms with Crippen molar-refractivity contribution in [3.8, 4) is 0 Å². The molecule has 14 heavy (non-hydrogen) atoms. The van der Waals surface area contributed by atoms with Crippen molar-refractivity contribution < 1.29 is 0 Å². The summed E-state index contributed by atoms with van der Waals surface area (Å²) in [5.74, 6) is 1.17. The first kappa shape index (κ1) is 11.5. The summed E-state index contributed by atoms with van der Waals surface area (Å²) in [6, 6.07) is 1.17. The minimum Gasteiger partial charge on any atom is -0.373 e. The van der Waals surface area contributed by atoms with Crippen LogP contribution in [0.3, 0.4) is 0 Å². The topological polar surface area (TPSA) is 27.6 Å². The van der Waals surface area contributed by atoms with E-state index in [2.05, 4.69) is 42.9 Å². The molecule has 1 aliphatic rings. The van der Waals surface area contributed by atoms with Gasteiger partial charge in [0.15, 0.2) is 0 Å². The van der Waals surface area contributed by atoms with Crippen LogP contribution in [-0.2, 0) is 0 Å². The summed E-state index contributed by atoms with van der Waals surface area (Å²) >= 11 is 0. The molecule has 1 rings (SSSR count). The predicted molar refractivity (Wildman–Crippen MR) is 61.9 cm³/mol. The predicted octanol–water partition coefficient (Wildman–Crippen LogP) is 1.50. The van der Waals surface area contributed by atoms with E-state index in [4.69, 9.17) is 0 Å². The van der Waals surface area contributed by atoms with Crippen LogP contribution < -0.4 is 5.32 Å². The van der Waals surface area contributed by atoms with Gasteiger partial charge < -0.3 is 5.32 Å². The normalized spacial score (nSPS) is 17.5. The molecule has 0 unspecified atom stereocenters. The Hall–Kier alpha value is -0.570. The van der Waals surface area contributed by atoms with Crippen LogP contribution in [-0.4, -0.2) is 42.5 Å². The molecule has 3 heteroatoms. The van der Waals surface area contributed by atoms with E-state index >= 15 is 0 Å². The van der Waals surface area contributed by atoms with Gasteiger partial charge in [-0.25, -0.2) is 0 Å². The highest BCUT2D eigenvalue weighted by molar-refractivity contribution is 5.84. The molecule has 1 aliphatic heterocycles. The van der Waals surface area contributed by atoms with Gasteiger partial charge in [-0.15, -0.1) is 0 Å². The molecule has 82 valence electrons. The van der Waals surface area contributed by atoms with E-state index < -0.39 is 0 Å². The fraction of sp³-hybridized carbons (Fsp3) is 0.909. The molecule has 0 saturated heterocycles. The molecule has 0 aliphatic carbocycles. The van der Waals surface area contributed by atoms with Crippen molar-refractivity contribution >= 4 is 5.84 Å². The number of hydrogen-bond donors (Lipinski definition) is 1. The Kier molecular flexibility index (Phi) is 4.39. The Bertz CT molecular complexity index is 189. The van der Waals surface area contributed by atoms with Gasteiger partial charge >= 0.3 is 0 Å². The molecule has 0 radical (unpaired) electrons. The lowest BCUT2D eigenvalue weighted by Gasteiger charge is -2.31. The van der Waals surface area contributed by atoms with E-state index in [1.54, 1.807) is 0 Å². The third-order valence-corrected chi connectivity index (χ3v) is 2.63. The highest BCUT2D eigenvalue weighted by Crippen LogP contribution is 2.05. The van der Waals surface area contributed by atoms with E-state index in [0.717, 1.165) is 19.6 Å². The third kappa shape index (κ3) is 3.29. The number of rotatable bonds is 4. The van der Waals surface area contributed by atoms with E-state index in [-0.39, 0.29) is 0 Å². The Morgan fingerprint density at radius 1 is 1.29 bits per heavy atom. The summed E-state index contributed by atoms with van der Waals surface area (Å²) in [7, 11) is 0. The third-order valence-electron chi connectivity index (χ3n) is 2.63. The second-order valence-corrected chi connectivity index (χ2v) is 4.47. The van der Waals surface area contributed by atoms with Gasteiger partial charge in [0.2, 0.25) is 0 Å². The van der Waals surface area contributed by atoms with Gasteiger partial charge in [0.25, 0.3) is 0 Å². The Labute approximate surface area is 87.6 Å². The van der Waals surface area contributed by atoms with Gasteiger partial charge in [-0.1, -0.05) is 0 Å². The quantitative estimate of drug-likeness (QED) is 0.739. The maximum atomic E-state index is 4.50. The molecule has 0 spiro atoms. The molecular formula is C11H23N3. The second kappa shape index (κ2) is 5.35. The van der Waals surface area contributed by atoms with Crippen LogP contribution >= 0.6 is 0 Å². The van der Waals surface area contributed by atoms with Crippen LogP contribution in [0.25, 0.3) is 0 Å². The fourth-order valence-electron chi connectivity index (χ4n) is 1.82. The maximum absolute atomic E-state index is 4.50. The Morgan fingerprint density at radius 3 is 2.36 bits per heavy atom. The molecule has 0 bridgehead atoms. The number of nitrogens with one attached hydrogen (secondary N) is 1. The Morgan fingerprint density at radius 2 is 1.93 bits per heavy atom. The zero-order valence-electron chi connectivity index (χ0n) is 9.88. The van der Waals surface area contributed by atoms with E-state index in [1.165, 1.54) is 12.3 Å². The molecule has 1 N–H and O–H groups in total.